The molecule has 0 unspecified atom stereocenters. The van der Waals surface area contributed by atoms with Crippen LogP contribution in [0.25, 0.3) is 0 Å². The minimum absolute atomic E-state index is 0.124. The van der Waals surface area contributed by atoms with Crippen LogP contribution in [-0.2, 0) is 14.8 Å². The molecule has 5 nitrogen and oxygen atoms in total. The summed E-state index contributed by atoms with van der Waals surface area (Å²) in [6, 6.07) is 7.30. The SMILES string of the molecule is CS(=O)(=O)N1CCC[C@@H](C(=O)Nc2ccc(Br)cc2)C1. The summed E-state index contributed by atoms with van der Waals surface area (Å²) in [6.07, 6.45) is 2.61. The second-order valence-corrected chi connectivity index (χ2v) is 7.85. The van der Waals surface area contributed by atoms with E-state index in [2.05, 4.69) is 21.2 Å². The molecule has 0 bridgehead atoms. The minimum Gasteiger partial charge on any atom is -0.326 e. The standard InChI is InChI=1S/C13H17BrN2O3S/c1-20(18,19)16-8-2-3-10(9-16)13(17)15-12-6-4-11(14)5-7-12/h4-7,10H,2-3,8-9H2,1H3,(H,15,17)/t10-/m1/s1. The molecule has 1 amide bonds. The number of nitrogens with zero attached hydrogens (tertiary/aromatic N) is 1. The van der Waals surface area contributed by atoms with E-state index in [0.717, 1.165) is 10.2 Å². The molecule has 20 heavy (non-hydrogen) atoms. The Kier molecular flexibility index (Phi) is 4.82. The number of rotatable bonds is 3. The summed E-state index contributed by atoms with van der Waals surface area (Å²) in [6.45, 7) is 0.766. The Labute approximate surface area is 127 Å². The number of amides is 1. The third-order valence-corrected chi connectivity index (χ3v) is 5.13. The van der Waals surface area contributed by atoms with Crippen molar-refractivity contribution >= 4 is 37.5 Å². The van der Waals surface area contributed by atoms with Crippen LogP contribution in [0, 0.1) is 5.92 Å². The zero-order valence-corrected chi connectivity index (χ0v) is 13.6. The van der Waals surface area contributed by atoms with E-state index in [4.69, 9.17) is 0 Å². The quantitative estimate of drug-likeness (QED) is 0.896. The molecule has 2 rings (SSSR count). The lowest BCUT2D eigenvalue weighted by atomic mass is 9.99. The number of hydrogen-bond donors (Lipinski definition) is 1. The van der Waals surface area contributed by atoms with Gasteiger partial charge in [-0.3, -0.25) is 4.79 Å². The number of carbonyl (C=O) groups is 1. The molecule has 1 fully saturated rings. The van der Waals surface area contributed by atoms with Crippen LogP contribution in [0.1, 0.15) is 12.8 Å². The maximum absolute atomic E-state index is 12.2. The Morgan fingerprint density at radius 2 is 2.00 bits per heavy atom. The van der Waals surface area contributed by atoms with E-state index in [0.29, 0.717) is 19.4 Å². The Balaban J connectivity index is 2.00. The van der Waals surface area contributed by atoms with Gasteiger partial charge in [0.25, 0.3) is 0 Å². The zero-order chi connectivity index (χ0) is 14.8. The van der Waals surface area contributed by atoms with Crippen LogP contribution >= 0.6 is 15.9 Å². The summed E-state index contributed by atoms with van der Waals surface area (Å²) < 4.78 is 25.4. The molecule has 7 heteroatoms. The van der Waals surface area contributed by atoms with Crippen LogP contribution in [-0.4, -0.2) is 38.0 Å². The second-order valence-electron chi connectivity index (χ2n) is 4.96. The highest BCUT2D eigenvalue weighted by atomic mass is 79.9. The number of benzene rings is 1. The fourth-order valence-electron chi connectivity index (χ4n) is 2.24. The van der Waals surface area contributed by atoms with Gasteiger partial charge < -0.3 is 5.32 Å². The molecule has 1 saturated heterocycles. The van der Waals surface area contributed by atoms with Gasteiger partial charge in [-0.05, 0) is 37.1 Å². The molecule has 1 aromatic carbocycles. The Bertz CT molecular complexity index is 586. The van der Waals surface area contributed by atoms with Gasteiger partial charge in [-0.2, -0.15) is 0 Å². The molecule has 1 heterocycles. The number of carbonyl (C=O) groups excluding carboxylic acids is 1. The van der Waals surface area contributed by atoms with Crippen LogP contribution in [0.4, 0.5) is 5.69 Å². The van der Waals surface area contributed by atoms with Gasteiger partial charge in [0.15, 0.2) is 0 Å². The number of hydrogen-bond acceptors (Lipinski definition) is 3. The smallest absolute Gasteiger partial charge is 0.228 e. The lowest BCUT2D eigenvalue weighted by Crippen LogP contribution is -2.43. The summed E-state index contributed by atoms with van der Waals surface area (Å²) in [5, 5.41) is 2.83. The molecule has 0 saturated carbocycles. The van der Waals surface area contributed by atoms with Crippen LogP contribution in [0.2, 0.25) is 0 Å². The third kappa shape index (κ3) is 4.04. The number of sulfonamides is 1. The van der Waals surface area contributed by atoms with Gasteiger partial charge >= 0.3 is 0 Å². The van der Waals surface area contributed by atoms with Crippen molar-refractivity contribution in [2.75, 3.05) is 24.7 Å². The molecule has 1 atom stereocenters. The van der Waals surface area contributed by atoms with E-state index >= 15 is 0 Å². The van der Waals surface area contributed by atoms with E-state index in [1.807, 2.05) is 12.1 Å². The topological polar surface area (TPSA) is 66.5 Å². The first-order valence-corrected chi connectivity index (χ1v) is 9.02. The lowest BCUT2D eigenvalue weighted by molar-refractivity contribution is -0.120. The van der Waals surface area contributed by atoms with E-state index in [9.17, 15) is 13.2 Å². The maximum Gasteiger partial charge on any atom is 0.228 e. The number of nitrogens with one attached hydrogen (secondary N) is 1. The minimum atomic E-state index is -3.22. The highest BCUT2D eigenvalue weighted by molar-refractivity contribution is 9.10. The van der Waals surface area contributed by atoms with Crippen molar-refractivity contribution in [1.82, 2.24) is 4.31 Å². The average molecular weight is 361 g/mol. The summed E-state index contributed by atoms with van der Waals surface area (Å²) >= 11 is 3.33. The summed E-state index contributed by atoms with van der Waals surface area (Å²) in [7, 11) is -3.22. The van der Waals surface area contributed by atoms with Crippen molar-refractivity contribution in [3.05, 3.63) is 28.7 Å². The van der Waals surface area contributed by atoms with Gasteiger partial charge in [-0.25, -0.2) is 12.7 Å². The Morgan fingerprint density at radius 1 is 1.35 bits per heavy atom. The normalized spacial score (nSPS) is 20.6. The molecule has 1 aliphatic rings. The largest absolute Gasteiger partial charge is 0.326 e. The first-order valence-electron chi connectivity index (χ1n) is 6.38. The lowest BCUT2D eigenvalue weighted by Gasteiger charge is -2.30. The van der Waals surface area contributed by atoms with E-state index < -0.39 is 10.0 Å². The fourth-order valence-corrected chi connectivity index (χ4v) is 3.41. The van der Waals surface area contributed by atoms with E-state index in [1.165, 1.54) is 10.6 Å². The molecule has 1 aromatic rings. The van der Waals surface area contributed by atoms with Crippen LogP contribution in [0.3, 0.4) is 0 Å². The Morgan fingerprint density at radius 3 is 2.60 bits per heavy atom. The van der Waals surface area contributed by atoms with Crippen molar-refractivity contribution in [3.8, 4) is 0 Å². The summed E-state index contributed by atoms with van der Waals surface area (Å²) in [5.74, 6) is -0.414. The van der Waals surface area contributed by atoms with Crippen molar-refractivity contribution in [1.29, 1.82) is 0 Å². The highest BCUT2D eigenvalue weighted by Crippen LogP contribution is 2.21. The molecule has 0 aliphatic carbocycles. The first kappa shape index (κ1) is 15.5. The predicted octanol–water partition coefficient (Wildman–Crippen LogP) is 2.06. The van der Waals surface area contributed by atoms with Gasteiger partial charge in [-0.1, -0.05) is 15.9 Å². The van der Waals surface area contributed by atoms with Crippen molar-refractivity contribution < 1.29 is 13.2 Å². The number of anilines is 1. The van der Waals surface area contributed by atoms with E-state index in [-0.39, 0.29) is 18.4 Å². The molecular formula is C13H17BrN2O3S. The fraction of sp³-hybridized carbons (Fsp3) is 0.462. The van der Waals surface area contributed by atoms with Crippen LogP contribution < -0.4 is 5.32 Å². The van der Waals surface area contributed by atoms with Gasteiger partial charge in [0, 0.05) is 23.2 Å². The van der Waals surface area contributed by atoms with E-state index in [1.54, 1.807) is 12.1 Å². The molecule has 110 valence electrons. The second kappa shape index (κ2) is 6.24. The molecular weight excluding hydrogens is 344 g/mol. The Hall–Kier alpha value is -0.920. The van der Waals surface area contributed by atoms with Crippen molar-refractivity contribution in [2.45, 2.75) is 12.8 Å². The average Bonchev–Trinajstić information content (AvgIpc) is 2.40. The number of piperidine rings is 1. The van der Waals surface area contributed by atoms with Gasteiger partial charge in [-0.15, -0.1) is 0 Å². The predicted molar refractivity (Wildman–Crippen MR) is 81.9 cm³/mol. The molecule has 0 radical (unpaired) electrons. The van der Waals surface area contributed by atoms with Crippen LogP contribution in [0.5, 0.6) is 0 Å². The third-order valence-electron chi connectivity index (χ3n) is 3.34. The molecule has 1 N–H and O–H groups in total. The highest BCUT2D eigenvalue weighted by Gasteiger charge is 2.30. The molecule has 1 aliphatic heterocycles. The first-order chi connectivity index (χ1) is 9.36. The van der Waals surface area contributed by atoms with Gasteiger partial charge in [0.1, 0.15) is 0 Å². The maximum atomic E-state index is 12.2. The van der Waals surface area contributed by atoms with Crippen LogP contribution in [0.15, 0.2) is 28.7 Å². The summed E-state index contributed by atoms with van der Waals surface area (Å²) in [5.41, 5.74) is 0.717. The van der Waals surface area contributed by atoms with Crippen molar-refractivity contribution in [2.24, 2.45) is 5.92 Å². The number of halogens is 1. The monoisotopic (exact) mass is 360 g/mol. The summed E-state index contributed by atoms with van der Waals surface area (Å²) in [4.78, 5) is 12.2. The molecule has 0 spiro atoms. The van der Waals surface area contributed by atoms with Crippen molar-refractivity contribution in [3.63, 3.8) is 0 Å². The molecule has 0 aromatic heterocycles. The van der Waals surface area contributed by atoms with Gasteiger partial charge in [0.2, 0.25) is 15.9 Å². The van der Waals surface area contributed by atoms with Gasteiger partial charge in [0.05, 0.1) is 12.2 Å². The zero-order valence-electron chi connectivity index (χ0n) is 11.2.